The predicted octanol–water partition coefficient (Wildman–Crippen LogP) is 2.25. The summed E-state index contributed by atoms with van der Waals surface area (Å²) < 4.78 is 18.4. The van der Waals surface area contributed by atoms with Gasteiger partial charge in [0.15, 0.2) is 0 Å². The maximum atomic E-state index is 13.2. The molecule has 1 amide bonds. The lowest BCUT2D eigenvalue weighted by atomic mass is 9.95. The lowest BCUT2D eigenvalue weighted by molar-refractivity contribution is -0.140. The molecule has 6 nitrogen and oxygen atoms in total. The number of aliphatic hydroxyl groups excluding tert-OH is 2. The highest BCUT2D eigenvalue weighted by Gasteiger charge is 2.45. The van der Waals surface area contributed by atoms with Gasteiger partial charge >= 0.3 is 0 Å². The van der Waals surface area contributed by atoms with Gasteiger partial charge in [-0.1, -0.05) is 12.1 Å². The summed E-state index contributed by atoms with van der Waals surface area (Å²) in [5, 5.41) is 20.0. The molecule has 2 aromatic carbocycles. The minimum Gasteiger partial charge on any atom is -0.507 e. The zero-order valence-corrected chi connectivity index (χ0v) is 14.6. The van der Waals surface area contributed by atoms with Gasteiger partial charge in [0.05, 0.1) is 25.3 Å². The minimum absolute atomic E-state index is 0.0767. The van der Waals surface area contributed by atoms with E-state index in [1.165, 1.54) is 24.1 Å². The molecule has 2 aromatic rings. The fourth-order valence-electron chi connectivity index (χ4n) is 3.14. The van der Waals surface area contributed by atoms with Crippen molar-refractivity contribution in [2.45, 2.75) is 6.04 Å². The maximum absolute atomic E-state index is 13.2. The zero-order valence-electron chi connectivity index (χ0n) is 14.6. The summed E-state index contributed by atoms with van der Waals surface area (Å²) in [4.78, 5) is 26.3. The number of halogens is 1. The van der Waals surface area contributed by atoms with Gasteiger partial charge in [-0.2, -0.15) is 0 Å². The van der Waals surface area contributed by atoms with Crippen LogP contribution in [0.15, 0.2) is 54.1 Å². The van der Waals surface area contributed by atoms with Crippen LogP contribution in [0.5, 0.6) is 5.75 Å². The molecule has 7 heteroatoms. The molecule has 1 unspecified atom stereocenters. The number of ether oxygens (including phenoxy) is 1. The Morgan fingerprint density at radius 3 is 2.52 bits per heavy atom. The van der Waals surface area contributed by atoms with Crippen molar-refractivity contribution in [2.75, 3.05) is 20.3 Å². The highest BCUT2D eigenvalue weighted by Crippen LogP contribution is 2.39. The average molecular weight is 371 g/mol. The van der Waals surface area contributed by atoms with Gasteiger partial charge in [0, 0.05) is 12.1 Å². The van der Waals surface area contributed by atoms with E-state index in [-0.39, 0.29) is 24.3 Å². The summed E-state index contributed by atoms with van der Waals surface area (Å²) in [5.41, 5.74) is 0.644. The summed E-state index contributed by atoms with van der Waals surface area (Å²) in [7, 11) is 1.49. The number of ketones is 1. The Hall–Kier alpha value is -3.19. The normalized spacial score (nSPS) is 18.8. The number of rotatable bonds is 5. The second-order valence-corrected chi connectivity index (χ2v) is 6.00. The van der Waals surface area contributed by atoms with Crippen molar-refractivity contribution in [2.24, 2.45) is 0 Å². The summed E-state index contributed by atoms with van der Waals surface area (Å²) in [6.07, 6.45) is 0. The summed E-state index contributed by atoms with van der Waals surface area (Å²) in [6.45, 7) is -0.420. The summed E-state index contributed by atoms with van der Waals surface area (Å²) >= 11 is 0. The van der Waals surface area contributed by atoms with Gasteiger partial charge in [-0.05, 0) is 42.0 Å². The molecule has 1 fully saturated rings. The monoisotopic (exact) mass is 371 g/mol. The van der Waals surface area contributed by atoms with Crippen LogP contribution in [0.1, 0.15) is 17.2 Å². The second-order valence-electron chi connectivity index (χ2n) is 6.00. The number of hydrogen-bond donors (Lipinski definition) is 2. The first-order valence-corrected chi connectivity index (χ1v) is 8.27. The quantitative estimate of drug-likeness (QED) is 0.478. The summed E-state index contributed by atoms with van der Waals surface area (Å²) in [6, 6.07) is 10.8. The number of benzene rings is 2. The van der Waals surface area contributed by atoms with Crippen molar-refractivity contribution < 1.29 is 28.9 Å². The van der Waals surface area contributed by atoms with Crippen molar-refractivity contribution in [3.05, 3.63) is 71.0 Å². The predicted molar refractivity (Wildman–Crippen MR) is 95.5 cm³/mol. The molecule has 1 aliphatic rings. The first-order chi connectivity index (χ1) is 13.0. The minimum atomic E-state index is -0.891. The van der Waals surface area contributed by atoms with Crippen LogP contribution in [0.2, 0.25) is 0 Å². The number of likely N-dealkylation sites (tertiary alicyclic amines) is 1. The molecule has 0 bridgehead atoms. The number of aliphatic hydroxyl groups is 2. The van der Waals surface area contributed by atoms with Crippen molar-refractivity contribution in [3.63, 3.8) is 0 Å². The van der Waals surface area contributed by atoms with Crippen LogP contribution in [0.25, 0.3) is 5.76 Å². The molecule has 0 aliphatic carbocycles. The number of β-amino-alcohol motifs (C(OH)–C–C–N with tert-alkyl or cyclic N) is 1. The lowest BCUT2D eigenvalue weighted by Crippen LogP contribution is -2.32. The molecule has 0 aromatic heterocycles. The average Bonchev–Trinajstić information content (AvgIpc) is 2.93. The SMILES string of the molecule is COc1cccc(C2/C(=C(/O)c3ccc(F)cc3)C(=O)C(=O)N2CCO)c1. The Balaban J connectivity index is 2.18. The van der Waals surface area contributed by atoms with Crippen LogP contribution in [-0.2, 0) is 9.59 Å². The smallest absolute Gasteiger partial charge is 0.295 e. The van der Waals surface area contributed by atoms with Crippen LogP contribution in [0.4, 0.5) is 4.39 Å². The fourth-order valence-corrected chi connectivity index (χ4v) is 3.14. The summed E-state index contributed by atoms with van der Waals surface area (Å²) in [5.74, 6) is -2.05. The molecular weight excluding hydrogens is 353 g/mol. The standard InChI is InChI=1S/C20H18FNO5/c1-27-15-4-2-3-13(11-15)17-16(19(25)20(26)22(17)9-10-23)18(24)12-5-7-14(21)8-6-12/h2-8,11,17,23-24H,9-10H2,1H3/b18-16-. The molecule has 27 heavy (non-hydrogen) atoms. The van der Waals surface area contributed by atoms with E-state index in [1.807, 2.05) is 0 Å². The molecule has 3 rings (SSSR count). The van der Waals surface area contributed by atoms with Crippen LogP contribution >= 0.6 is 0 Å². The van der Waals surface area contributed by atoms with Crippen LogP contribution in [0.3, 0.4) is 0 Å². The Morgan fingerprint density at radius 2 is 1.89 bits per heavy atom. The van der Waals surface area contributed by atoms with Gasteiger partial charge in [-0.25, -0.2) is 4.39 Å². The van der Waals surface area contributed by atoms with E-state index in [4.69, 9.17) is 4.74 Å². The van der Waals surface area contributed by atoms with Gasteiger partial charge in [0.25, 0.3) is 11.7 Å². The van der Waals surface area contributed by atoms with E-state index in [1.54, 1.807) is 24.3 Å². The van der Waals surface area contributed by atoms with Crippen LogP contribution in [0, 0.1) is 5.82 Å². The molecule has 1 heterocycles. The Bertz CT molecular complexity index is 907. The Labute approximate surface area is 155 Å². The van der Waals surface area contributed by atoms with Crippen molar-refractivity contribution in [1.82, 2.24) is 4.90 Å². The lowest BCUT2D eigenvalue weighted by Gasteiger charge is -2.24. The van der Waals surface area contributed by atoms with Gasteiger partial charge in [-0.15, -0.1) is 0 Å². The molecule has 0 saturated carbocycles. The molecule has 1 saturated heterocycles. The molecule has 1 atom stereocenters. The zero-order chi connectivity index (χ0) is 19.6. The number of amides is 1. The number of nitrogens with zero attached hydrogens (tertiary/aromatic N) is 1. The van der Waals surface area contributed by atoms with Crippen molar-refractivity contribution in [3.8, 4) is 5.75 Å². The molecule has 140 valence electrons. The van der Waals surface area contributed by atoms with Gasteiger partial charge in [0.1, 0.15) is 17.3 Å². The van der Waals surface area contributed by atoms with E-state index in [0.717, 1.165) is 12.1 Å². The molecule has 0 radical (unpaired) electrons. The molecule has 2 N–H and O–H groups in total. The van der Waals surface area contributed by atoms with E-state index >= 15 is 0 Å². The molecule has 0 spiro atoms. The van der Waals surface area contributed by atoms with E-state index in [9.17, 15) is 24.2 Å². The molecular formula is C20H18FNO5. The third kappa shape index (κ3) is 3.41. The largest absolute Gasteiger partial charge is 0.507 e. The van der Waals surface area contributed by atoms with Gasteiger partial charge < -0.3 is 19.8 Å². The number of methoxy groups -OCH3 is 1. The number of hydrogen-bond acceptors (Lipinski definition) is 5. The highest BCUT2D eigenvalue weighted by atomic mass is 19.1. The van der Waals surface area contributed by atoms with Crippen LogP contribution < -0.4 is 4.74 Å². The van der Waals surface area contributed by atoms with E-state index < -0.39 is 29.3 Å². The first-order valence-electron chi connectivity index (χ1n) is 8.27. The Kier molecular flexibility index (Phi) is 5.23. The topological polar surface area (TPSA) is 87.1 Å². The number of carbonyl (C=O) groups excluding carboxylic acids is 2. The maximum Gasteiger partial charge on any atom is 0.295 e. The van der Waals surface area contributed by atoms with E-state index in [2.05, 4.69) is 0 Å². The highest BCUT2D eigenvalue weighted by molar-refractivity contribution is 6.46. The van der Waals surface area contributed by atoms with Crippen molar-refractivity contribution in [1.29, 1.82) is 0 Å². The van der Waals surface area contributed by atoms with Crippen molar-refractivity contribution >= 4 is 17.4 Å². The molecule has 1 aliphatic heterocycles. The number of Topliss-reactive ketones (excluding diaryl/α,β-unsaturated/α-hetero) is 1. The Morgan fingerprint density at radius 1 is 1.19 bits per heavy atom. The van der Waals surface area contributed by atoms with E-state index in [0.29, 0.717) is 11.3 Å². The first kappa shape index (κ1) is 18.6. The van der Waals surface area contributed by atoms with Gasteiger partial charge in [-0.3, -0.25) is 9.59 Å². The van der Waals surface area contributed by atoms with Crippen LogP contribution in [-0.4, -0.2) is 47.1 Å². The number of carbonyl (C=O) groups is 2. The third-order valence-corrected chi connectivity index (χ3v) is 4.41. The second kappa shape index (κ2) is 7.59. The third-order valence-electron chi connectivity index (χ3n) is 4.41. The van der Waals surface area contributed by atoms with Gasteiger partial charge in [0.2, 0.25) is 0 Å². The fraction of sp³-hybridized carbons (Fsp3) is 0.200.